The molecule has 0 bridgehead atoms. The minimum atomic E-state index is -0.965. The average Bonchev–Trinajstić information content (AvgIpc) is 3.07. The summed E-state index contributed by atoms with van der Waals surface area (Å²) >= 11 is 1.29. The molecule has 0 aliphatic heterocycles. The van der Waals surface area contributed by atoms with Crippen molar-refractivity contribution in [1.29, 1.82) is 0 Å². The van der Waals surface area contributed by atoms with Gasteiger partial charge < -0.3 is 15.7 Å². The van der Waals surface area contributed by atoms with E-state index in [9.17, 15) is 19.1 Å². The maximum Gasteiger partial charge on any atom is 0.261 e. The van der Waals surface area contributed by atoms with Crippen molar-refractivity contribution in [2.75, 3.05) is 6.54 Å². The minimum Gasteiger partial charge on any atom is -0.386 e. The zero-order valence-electron chi connectivity index (χ0n) is 12.5. The van der Waals surface area contributed by atoms with Gasteiger partial charge in [-0.1, -0.05) is 18.2 Å². The van der Waals surface area contributed by atoms with Gasteiger partial charge in [0.2, 0.25) is 5.91 Å². The van der Waals surface area contributed by atoms with Gasteiger partial charge in [0.15, 0.2) is 0 Å². The van der Waals surface area contributed by atoms with E-state index in [1.165, 1.54) is 35.6 Å². The van der Waals surface area contributed by atoms with E-state index in [1.807, 2.05) is 0 Å². The van der Waals surface area contributed by atoms with Gasteiger partial charge in [-0.05, 0) is 36.1 Å². The van der Waals surface area contributed by atoms with Gasteiger partial charge >= 0.3 is 0 Å². The van der Waals surface area contributed by atoms with Crippen molar-refractivity contribution >= 4 is 23.2 Å². The van der Waals surface area contributed by atoms with Gasteiger partial charge in [0.05, 0.1) is 23.6 Å². The highest BCUT2D eigenvalue weighted by atomic mass is 32.1. The molecule has 0 spiro atoms. The molecule has 0 fully saturated rings. The Morgan fingerprint density at radius 1 is 1.26 bits per heavy atom. The predicted octanol–water partition coefficient (Wildman–Crippen LogP) is 1.86. The molecular weight excluding hydrogens is 319 g/mol. The molecule has 1 aromatic heterocycles. The third-order valence-electron chi connectivity index (χ3n) is 3.23. The van der Waals surface area contributed by atoms with Crippen LogP contribution in [-0.2, 0) is 4.79 Å². The standard InChI is InChI=1S/C16H17FN2O3S/c1-10(15(21)11-4-6-12(17)7-5-11)19-14(20)9-18-16(22)13-3-2-8-23-13/h2-8,10,15,21H,9H2,1H3,(H,18,22)(H,19,20)/t10-,15-/m1/s1. The summed E-state index contributed by atoms with van der Waals surface area (Å²) in [6.45, 7) is 1.45. The Hall–Kier alpha value is -2.25. The van der Waals surface area contributed by atoms with Crippen LogP contribution < -0.4 is 10.6 Å². The average molecular weight is 336 g/mol. The molecule has 0 unspecified atom stereocenters. The maximum absolute atomic E-state index is 12.9. The van der Waals surface area contributed by atoms with Crippen molar-refractivity contribution in [2.24, 2.45) is 0 Å². The monoisotopic (exact) mass is 336 g/mol. The van der Waals surface area contributed by atoms with E-state index < -0.39 is 23.9 Å². The second-order valence-electron chi connectivity index (χ2n) is 5.01. The number of amides is 2. The van der Waals surface area contributed by atoms with Crippen molar-refractivity contribution < 1.29 is 19.1 Å². The Morgan fingerprint density at radius 3 is 2.57 bits per heavy atom. The third-order valence-corrected chi connectivity index (χ3v) is 4.10. The van der Waals surface area contributed by atoms with Crippen LogP contribution in [0.15, 0.2) is 41.8 Å². The molecule has 2 aromatic rings. The normalized spacial score (nSPS) is 13.2. The van der Waals surface area contributed by atoms with Crippen LogP contribution in [0.1, 0.15) is 28.3 Å². The number of halogens is 1. The quantitative estimate of drug-likeness (QED) is 0.753. The van der Waals surface area contributed by atoms with E-state index in [1.54, 1.807) is 24.4 Å². The second-order valence-corrected chi connectivity index (χ2v) is 5.96. The van der Waals surface area contributed by atoms with E-state index in [0.29, 0.717) is 10.4 Å². The topological polar surface area (TPSA) is 78.4 Å². The summed E-state index contributed by atoms with van der Waals surface area (Å²) < 4.78 is 12.9. The highest BCUT2D eigenvalue weighted by Gasteiger charge is 2.19. The zero-order valence-corrected chi connectivity index (χ0v) is 13.3. The first-order valence-electron chi connectivity index (χ1n) is 7.02. The van der Waals surface area contributed by atoms with Crippen molar-refractivity contribution in [3.8, 4) is 0 Å². The van der Waals surface area contributed by atoms with Crippen LogP contribution in [0.25, 0.3) is 0 Å². The Labute approximate surface area is 137 Å². The molecule has 23 heavy (non-hydrogen) atoms. The number of thiophene rings is 1. The highest BCUT2D eigenvalue weighted by Crippen LogP contribution is 2.17. The molecule has 122 valence electrons. The first kappa shape index (κ1) is 17.1. The number of hydrogen-bond donors (Lipinski definition) is 3. The van der Waals surface area contributed by atoms with Crippen LogP contribution in [0.5, 0.6) is 0 Å². The SMILES string of the molecule is C[C@@H](NC(=O)CNC(=O)c1cccs1)[C@@H](O)c1ccc(F)cc1. The van der Waals surface area contributed by atoms with Crippen molar-refractivity contribution in [3.63, 3.8) is 0 Å². The highest BCUT2D eigenvalue weighted by molar-refractivity contribution is 7.12. The first-order chi connectivity index (χ1) is 11.0. The van der Waals surface area contributed by atoms with Gasteiger partial charge in [-0.2, -0.15) is 0 Å². The third kappa shape index (κ3) is 4.87. The molecule has 2 atom stereocenters. The van der Waals surface area contributed by atoms with Gasteiger partial charge in [-0.15, -0.1) is 11.3 Å². The molecule has 1 heterocycles. The van der Waals surface area contributed by atoms with E-state index in [-0.39, 0.29) is 12.5 Å². The van der Waals surface area contributed by atoms with E-state index >= 15 is 0 Å². The number of rotatable bonds is 6. The molecule has 5 nitrogen and oxygen atoms in total. The molecule has 2 rings (SSSR count). The fourth-order valence-corrected chi connectivity index (χ4v) is 2.63. The number of benzene rings is 1. The van der Waals surface area contributed by atoms with Crippen LogP contribution in [0.4, 0.5) is 4.39 Å². The Morgan fingerprint density at radius 2 is 1.96 bits per heavy atom. The fraction of sp³-hybridized carbons (Fsp3) is 0.250. The number of carbonyl (C=O) groups is 2. The lowest BCUT2D eigenvalue weighted by Crippen LogP contribution is -2.43. The van der Waals surface area contributed by atoms with Gasteiger partial charge in [0.1, 0.15) is 5.82 Å². The van der Waals surface area contributed by atoms with Gasteiger partial charge in [-0.25, -0.2) is 4.39 Å². The summed E-state index contributed by atoms with van der Waals surface area (Å²) in [4.78, 5) is 24.1. The fourth-order valence-electron chi connectivity index (χ4n) is 1.99. The molecule has 2 amide bonds. The predicted molar refractivity (Wildman–Crippen MR) is 85.6 cm³/mol. The van der Waals surface area contributed by atoms with Gasteiger partial charge in [-0.3, -0.25) is 9.59 Å². The molecule has 0 saturated carbocycles. The van der Waals surface area contributed by atoms with Crippen LogP contribution in [0.2, 0.25) is 0 Å². The Kier molecular flexibility index (Phi) is 5.84. The molecule has 0 aliphatic carbocycles. The minimum absolute atomic E-state index is 0.183. The van der Waals surface area contributed by atoms with Crippen molar-refractivity contribution in [1.82, 2.24) is 10.6 Å². The molecule has 7 heteroatoms. The molecule has 1 aromatic carbocycles. The van der Waals surface area contributed by atoms with Crippen LogP contribution in [0, 0.1) is 5.82 Å². The molecule has 0 saturated heterocycles. The smallest absolute Gasteiger partial charge is 0.261 e. The van der Waals surface area contributed by atoms with Crippen LogP contribution in [-0.4, -0.2) is 29.5 Å². The summed E-state index contributed by atoms with van der Waals surface area (Å²) in [5.74, 6) is -1.13. The second kappa shape index (κ2) is 7.85. The molecular formula is C16H17FN2O3S. The van der Waals surface area contributed by atoms with Crippen molar-refractivity contribution in [3.05, 3.63) is 58.0 Å². The summed E-state index contributed by atoms with van der Waals surface area (Å²) in [5, 5.41) is 17.0. The molecule has 3 N–H and O–H groups in total. The number of carbonyl (C=O) groups excluding carboxylic acids is 2. The number of nitrogens with one attached hydrogen (secondary N) is 2. The Balaban J connectivity index is 1.82. The largest absolute Gasteiger partial charge is 0.386 e. The van der Waals surface area contributed by atoms with E-state index in [0.717, 1.165) is 0 Å². The summed E-state index contributed by atoms with van der Waals surface area (Å²) in [7, 11) is 0. The first-order valence-corrected chi connectivity index (χ1v) is 7.90. The van der Waals surface area contributed by atoms with Crippen LogP contribution in [0.3, 0.4) is 0 Å². The van der Waals surface area contributed by atoms with Crippen LogP contribution >= 0.6 is 11.3 Å². The zero-order chi connectivity index (χ0) is 16.8. The lowest BCUT2D eigenvalue weighted by Gasteiger charge is -2.20. The maximum atomic E-state index is 12.9. The molecule has 0 radical (unpaired) electrons. The summed E-state index contributed by atoms with van der Waals surface area (Å²) in [5.41, 5.74) is 0.502. The Bertz CT molecular complexity index is 658. The number of aliphatic hydroxyl groups excluding tert-OH is 1. The number of hydrogen-bond acceptors (Lipinski definition) is 4. The lowest BCUT2D eigenvalue weighted by atomic mass is 10.0. The van der Waals surface area contributed by atoms with Gasteiger partial charge in [0, 0.05) is 0 Å². The van der Waals surface area contributed by atoms with E-state index in [4.69, 9.17) is 0 Å². The number of aliphatic hydroxyl groups is 1. The van der Waals surface area contributed by atoms with Crippen molar-refractivity contribution in [2.45, 2.75) is 19.1 Å². The lowest BCUT2D eigenvalue weighted by molar-refractivity contribution is -0.121. The summed E-state index contributed by atoms with van der Waals surface area (Å²) in [6, 6.07) is 8.25. The van der Waals surface area contributed by atoms with E-state index in [2.05, 4.69) is 10.6 Å². The summed E-state index contributed by atoms with van der Waals surface area (Å²) in [6.07, 6.45) is -0.965. The molecule has 0 aliphatic rings. The van der Waals surface area contributed by atoms with Gasteiger partial charge in [0.25, 0.3) is 5.91 Å².